The molecule has 0 aliphatic carbocycles. The van der Waals surface area contributed by atoms with Crippen LogP contribution in [0.1, 0.15) is 17.0 Å². The molecule has 0 saturated carbocycles. The van der Waals surface area contributed by atoms with Gasteiger partial charge in [-0.25, -0.2) is 0 Å². The van der Waals surface area contributed by atoms with Gasteiger partial charge in [-0.2, -0.15) is 0 Å². The van der Waals surface area contributed by atoms with E-state index in [4.69, 9.17) is 0 Å². The Kier molecular flexibility index (Phi) is 4.47. The predicted molar refractivity (Wildman–Crippen MR) is 107 cm³/mol. The second-order valence-electron chi connectivity index (χ2n) is 7.67. The van der Waals surface area contributed by atoms with Crippen molar-refractivity contribution >= 4 is 10.9 Å². The number of nitrogens with zero attached hydrogens (tertiary/aromatic N) is 3. The van der Waals surface area contributed by atoms with E-state index in [1.165, 1.54) is 16.5 Å². The van der Waals surface area contributed by atoms with Crippen molar-refractivity contribution in [3.05, 3.63) is 65.9 Å². The van der Waals surface area contributed by atoms with Crippen molar-refractivity contribution in [2.75, 3.05) is 27.2 Å². The minimum absolute atomic E-state index is 0.391. The van der Waals surface area contributed by atoms with E-state index < -0.39 is 0 Å². The van der Waals surface area contributed by atoms with Crippen LogP contribution in [0.3, 0.4) is 0 Å². The molecule has 3 aromatic rings. The Morgan fingerprint density at radius 3 is 2.54 bits per heavy atom. The smallest absolute Gasteiger partial charge is 0.120 e. The van der Waals surface area contributed by atoms with Crippen LogP contribution < -0.4 is 0 Å². The van der Waals surface area contributed by atoms with Crippen molar-refractivity contribution < 1.29 is 5.11 Å². The monoisotopic (exact) mass is 349 g/mol. The van der Waals surface area contributed by atoms with E-state index in [0.29, 0.717) is 17.7 Å². The first kappa shape index (κ1) is 17.1. The number of hydrogen-bond acceptors (Lipinski definition) is 3. The molecule has 0 amide bonds. The SMILES string of the molecule is CN(C)[C@@H]1CN(Cc2ccccc2O)C[C@H]1c1cn(C)c2ccccc12. The lowest BCUT2D eigenvalue weighted by Crippen LogP contribution is -2.34. The topological polar surface area (TPSA) is 31.6 Å². The fourth-order valence-corrected chi connectivity index (χ4v) is 4.38. The molecule has 0 radical (unpaired) electrons. The maximum atomic E-state index is 10.1. The average molecular weight is 349 g/mol. The zero-order chi connectivity index (χ0) is 18.3. The molecule has 1 fully saturated rings. The van der Waals surface area contributed by atoms with E-state index in [9.17, 15) is 5.11 Å². The fraction of sp³-hybridized carbons (Fsp3) is 0.364. The van der Waals surface area contributed by atoms with Crippen molar-refractivity contribution in [3.63, 3.8) is 0 Å². The summed E-state index contributed by atoms with van der Waals surface area (Å²) in [6.45, 7) is 2.80. The molecule has 1 N–H and O–H groups in total. The number of aromatic nitrogens is 1. The van der Waals surface area contributed by atoms with Crippen LogP contribution >= 0.6 is 0 Å². The van der Waals surface area contributed by atoms with Gasteiger partial charge in [0, 0.05) is 61.3 Å². The van der Waals surface area contributed by atoms with Crippen molar-refractivity contribution in [1.82, 2.24) is 14.4 Å². The number of likely N-dealkylation sites (tertiary alicyclic amines) is 1. The lowest BCUT2D eigenvalue weighted by molar-refractivity contribution is 0.258. The van der Waals surface area contributed by atoms with Gasteiger partial charge in [0.2, 0.25) is 0 Å². The standard InChI is InChI=1S/C22H27N3O/c1-23(2)21-15-25(12-16-8-4-7-11-22(16)26)14-19(21)18-13-24(3)20-10-6-5-9-17(18)20/h4-11,13,19,21,26H,12,14-15H2,1-3H3/t19-,21+/m0/s1. The molecule has 2 heterocycles. The molecule has 1 aliphatic heterocycles. The molecule has 0 bridgehead atoms. The lowest BCUT2D eigenvalue weighted by Gasteiger charge is -2.25. The molecule has 4 nitrogen and oxygen atoms in total. The predicted octanol–water partition coefficient (Wildman–Crippen LogP) is 3.41. The average Bonchev–Trinajstić information content (AvgIpc) is 3.19. The Labute approximate surface area is 155 Å². The van der Waals surface area contributed by atoms with E-state index >= 15 is 0 Å². The maximum Gasteiger partial charge on any atom is 0.120 e. The summed E-state index contributed by atoms with van der Waals surface area (Å²) in [6.07, 6.45) is 2.30. The van der Waals surface area contributed by atoms with Gasteiger partial charge >= 0.3 is 0 Å². The number of aryl methyl sites for hydroxylation is 1. The third-order valence-corrected chi connectivity index (χ3v) is 5.74. The van der Waals surface area contributed by atoms with E-state index in [1.54, 1.807) is 6.07 Å². The van der Waals surface area contributed by atoms with E-state index in [0.717, 1.165) is 25.2 Å². The number of phenolic OH excluding ortho intramolecular Hbond substituents is 1. The van der Waals surface area contributed by atoms with Crippen LogP contribution in [0.15, 0.2) is 54.7 Å². The summed E-state index contributed by atoms with van der Waals surface area (Å²) in [4.78, 5) is 4.81. The summed E-state index contributed by atoms with van der Waals surface area (Å²) >= 11 is 0. The molecule has 4 rings (SSSR count). The molecule has 0 unspecified atom stereocenters. The summed E-state index contributed by atoms with van der Waals surface area (Å²) in [5, 5.41) is 11.5. The van der Waals surface area contributed by atoms with Gasteiger partial charge in [-0.05, 0) is 31.8 Å². The summed E-state index contributed by atoms with van der Waals surface area (Å²) in [6, 6.07) is 16.8. The first-order valence-corrected chi connectivity index (χ1v) is 9.24. The van der Waals surface area contributed by atoms with E-state index in [1.807, 2.05) is 18.2 Å². The molecule has 0 spiro atoms. The minimum atomic E-state index is 0.391. The normalized spacial score (nSPS) is 21.1. The zero-order valence-electron chi connectivity index (χ0n) is 15.8. The summed E-state index contributed by atoms with van der Waals surface area (Å²) in [5.74, 6) is 0.851. The minimum Gasteiger partial charge on any atom is -0.508 e. The quantitative estimate of drug-likeness (QED) is 0.783. The molecule has 1 saturated heterocycles. The van der Waals surface area contributed by atoms with Gasteiger partial charge in [-0.15, -0.1) is 0 Å². The number of fused-ring (bicyclic) bond motifs is 1. The van der Waals surface area contributed by atoms with Crippen LogP contribution in [-0.2, 0) is 13.6 Å². The van der Waals surface area contributed by atoms with Crippen LogP contribution in [0.2, 0.25) is 0 Å². The third-order valence-electron chi connectivity index (χ3n) is 5.74. The zero-order valence-corrected chi connectivity index (χ0v) is 15.8. The van der Waals surface area contributed by atoms with Gasteiger partial charge in [-0.3, -0.25) is 4.90 Å². The highest BCUT2D eigenvalue weighted by Gasteiger charge is 2.36. The van der Waals surface area contributed by atoms with Crippen LogP contribution in [0.25, 0.3) is 10.9 Å². The van der Waals surface area contributed by atoms with Gasteiger partial charge in [-0.1, -0.05) is 36.4 Å². The molecular weight excluding hydrogens is 322 g/mol. The van der Waals surface area contributed by atoms with Crippen molar-refractivity contribution in [1.29, 1.82) is 0 Å². The van der Waals surface area contributed by atoms with E-state index in [2.05, 4.69) is 66.0 Å². The lowest BCUT2D eigenvalue weighted by atomic mass is 9.93. The first-order chi connectivity index (χ1) is 12.5. The number of benzene rings is 2. The summed E-state index contributed by atoms with van der Waals surface area (Å²) < 4.78 is 2.24. The number of phenols is 1. The highest BCUT2D eigenvalue weighted by Crippen LogP contribution is 2.36. The number of rotatable bonds is 4. The Hall–Kier alpha value is -2.30. The van der Waals surface area contributed by atoms with Crippen molar-refractivity contribution in [2.45, 2.75) is 18.5 Å². The Morgan fingerprint density at radius 2 is 1.77 bits per heavy atom. The van der Waals surface area contributed by atoms with Gasteiger partial charge in [0.25, 0.3) is 0 Å². The molecule has 1 aromatic heterocycles. The molecule has 26 heavy (non-hydrogen) atoms. The Morgan fingerprint density at radius 1 is 1.04 bits per heavy atom. The van der Waals surface area contributed by atoms with Crippen LogP contribution in [0.5, 0.6) is 5.75 Å². The first-order valence-electron chi connectivity index (χ1n) is 9.24. The third kappa shape index (κ3) is 3.00. The highest BCUT2D eigenvalue weighted by atomic mass is 16.3. The van der Waals surface area contributed by atoms with Crippen molar-refractivity contribution in [2.24, 2.45) is 7.05 Å². The van der Waals surface area contributed by atoms with Crippen LogP contribution in [-0.4, -0.2) is 52.7 Å². The van der Waals surface area contributed by atoms with Gasteiger partial charge in [0.05, 0.1) is 0 Å². The number of hydrogen-bond donors (Lipinski definition) is 1. The van der Waals surface area contributed by atoms with Crippen molar-refractivity contribution in [3.8, 4) is 5.75 Å². The number of para-hydroxylation sites is 2. The summed E-state index contributed by atoms with van der Waals surface area (Å²) in [7, 11) is 6.48. The van der Waals surface area contributed by atoms with Crippen LogP contribution in [0, 0.1) is 0 Å². The molecule has 4 heteroatoms. The summed E-state index contributed by atoms with van der Waals surface area (Å²) in [5.41, 5.74) is 3.73. The van der Waals surface area contributed by atoms with Crippen LogP contribution in [0.4, 0.5) is 0 Å². The van der Waals surface area contributed by atoms with E-state index in [-0.39, 0.29) is 0 Å². The Balaban J connectivity index is 1.65. The second kappa shape index (κ2) is 6.78. The van der Waals surface area contributed by atoms with Gasteiger partial charge < -0.3 is 14.6 Å². The Bertz CT molecular complexity index is 915. The molecular formula is C22H27N3O. The number of aromatic hydroxyl groups is 1. The fourth-order valence-electron chi connectivity index (χ4n) is 4.38. The number of likely N-dealkylation sites (N-methyl/N-ethyl adjacent to an activating group) is 1. The highest BCUT2D eigenvalue weighted by molar-refractivity contribution is 5.84. The largest absolute Gasteiger partial charge is 0.508 e. The molecule has 2 aromatic carbocycles. The second-order valence-corrected chi connectivity index (χ2v) is 7.67. The molecule has 1 aliphatic rings. The molecule has 2 atom stereocenters. The van der Waals surface area contributed by atoms with Gasteiger partial charge in [0.1, 0.15) is 5.75 Å². The maximum absolute atomic E-state index is 10.1. The van der Waals surface area contributed by atoms with Gasteiger partial charge in [0.15, 0.2) is 0 Å². The molecule has 136 valence electrons.